The van der Waals surface area contributed by atoms with Crippen molar-refractivity contribution in [2.24, 2.45) is 0 Å². The molecule has 0 aliphatic rings. The quantitative estimate of drug-likeness (QED) is 0.687. The molecule has 0 atom stereocenters. The monoisotopic (exact) mass is 263 g/mol. The zero-order valence-corrected chi connectivity index (χ0v) is 12.9. The van der Waals surface area contributed by atoms with Crippen molar-refractivity contribution in [3.05, 3.63) is 35.4 Å². The summed E-state index contributed by atoms with van der Waals surface area (Å²) >= 11 is 0. The summed E-state index contributed by atoms with van der Waals surface area (Å²) in [5.74, 6) is 0. The molecule has 3 nitrogen and oxygen atoms in total. The molecule has 0 fully saturated rings. The van der Waals surface area contributed by atoms with Crippen LogP contribution in [0.4, 0.5) is 0 Å². The van der Waals surface area contributed by atoms with E-state index in [9.17, 15) is 0 Å². The third kappa shape index (κ3) is 7.31. The first-order valence-corrected chi connectivity index (χ1v) is 7.18. The molecule has 0 heterocycles. The molecule has 0 radical (unpaired) electrons. The maximum Gasteiger partial charge on any atom is 0.0233 e. The van der Waals surface area contributed by atoms with Gasteiger partial charge in [0.2, 0.25) is 0 Å². The zero-order chi connectivity index (χ0) is 14.1. The summed E-state index contributed by atoms with van der Waals surface area (Å²) in [4.78, 5) is 4.60. The molecule has 1 N–H and O–H groups in total. The van der Waals surface area contributed by atoms with Crippen molar-refractivity contribution in [1.29, 1.82) is 0 Å². The number of benzene rings is 1. The van der Waals surface area contributed by atoms with Gasteiger partial charge in [0, 0.05) is 19.6 Å². The third-order valence-corrected chi connectivity index (χ3v) is 3.33. The minimum atomic E-state index is 1.03. The summed E-state index contributed by atoms with van der Waals surface area (Å²) < 4.78 is 0. The van der Waals surface area contributed by atoms with Gasteiger partial charge in [-0.05, 0) is 58.7 Å². The van der Waals surface area contributed by atoms with Crippen LogP contribution in [0.1, 0.15) is 17.5 Å². The normalized spacial score (nSPS) is 11.5. The summed E-state index contributed by atoms with van der Waals surface area (Å²) in [7, 11) is 6.43. The Morgan fingerprint density at radius 1 is 1.00 bits per heavy atom. The Hall–Kier alpha value is -0.900. The van der Waals surface area contributed by atoms with Crippen molar-refractivity contribution >= 4 is 0 Å². The molecular weight excluding hydrogens is 234 g/mol. The van der Waals surface area contributed by atoms with Crippen LogP contribution < -0.4 is 5.32 Å². The minimum absolute atomic E-state index is 1.03. The van der Waals surface area contributed by atoms with Gasteiger partial charge in [-0.15, -0.1) is 0 Å². The minimum Gasteiger partial charge on any atom is -0.315 e. The number of aryl methyl sites for hydroxylation is 1. The smallest absolute Gasteiger partial charge is 0.0233 e. The van der Waals surface area contributed by atoms with Gasteiger partial charge in [-0.1, -0.05) is 24.3 Å². The second-order valence-electron chi connectivity index (χ2n) is 5.57. The Morgan fingerprint density at radius 3 is 2.42 bits per heavy atom. The molecule has 19 heavy (non-hydrogen) atoms. The van der Waals surface area contributed by atoms with E-state index in [0.717, 1.165) is 32.7 Å². The molecule has 0 saturated heterocycles. The van der Waals surface area contributed by atoms with Crippen molar-refractivity contribution < 1.29 is 0 Å². The maximum absolute atomic E-state index is 3.50. The highest BCUT2D eigenvalue weighted by atomic mass is 15.1. The fraction of sp³-hybridized carbons (Fsp3) is 0.625. The Labute approximate surface area is 118 Å². The summed E-state index contributed by atoms with van der Waals surface area (Å²) in [6.45, 7) is 7.64. The maximum atomic E-state index is 3.50. The highest BCUT2D eigenvalue weighted by Crippen LogP contribution is 2.08. The highest BCUT2D eigenvalue weighted by molar-refractivity contribution is 5.25. The molecule has 0 unspecified atom stereocenters. The molecule has 0 aromatic heterocycles. The Kier molecular flexibility index (Phi) is 7.72. The molecule has 1 aromatic rings. The van der Waals surface area contributed by atoms with Gasteiger partial charge in [-0.25, -0.2) is 0 Å². The van der Waals surface area contributed by atoms with Crippen LogP contribution in [-0.4, -0.2) is 57.1 Å². The second-order valence-corrected chi connectivity index (χ2v) is 5.57. The largest absolute Gasteiger partial charge is 0.315 e. The van der Waals surface area contributed by atoms with Crippen molar-refractivity contribution in [3.63, 3.8) is 0 Å². The number of nitrogens with zero attached hydrogens (tertiary/aromatic N) is 2. The van der Waals surface area contributed by atoms with E-state index in [1.54, 1.807) is 0 Å². The standard InChI is InChI=1S/C16H29N3/c1-15-8-5-6-9-16(15)14-19(4)13-11-17-10-7-12-18(2)3/h5-6,8-9,17H,7,10-14H2,1-4H3. The molecule has 108 valence electrons. The number of nitrogens with one attached hydrogen (secondary N) is 1. The average molecular weight is 263 g/mol. The van der Waals surface area contributed by atoms with E-state index in [-0.39, 0.29) is 0 Å². The molecule has 0 spiro atoms. The first-order chi connectivity index (χ1) is 9.09. The summed E-state index contributed by atoms with van der Waals surface area (Å²) in [6, 6.07) is 8.62. The first kappa shape index (κ1) is 16.2. The number of hydrogen-bond donors (Lipinski definition) is 1. The first-order valence-electron chi connectivity index (χ1n) is 7.18. The van der Waals surface area contributed by atoms with Gasteiger partial charge < -0.3 is 15.1 Å². The van der Waals surface area contributed by atoms with Crippen LogP contribution in [0.3, 0.4) is 0 Å². The third-order valence-electron chi connectivity index (χ3n) is 3.33. The van der Waals surface area contributed by atoms with Crippen LogP contribution >= 0.6 is 0 Å². The van der Waals surface area contributed by atoms with Gasteiger partial charge in [-0.2, -0.15) is 0 Å². The molecule has 1 rings (SSSR count). The van der Waals surface area contributed by atoms with Crippen LogP contribution in [-0.2, 0) is 6.54 Å². The molecule has 0 aliphatic heterocycles. The van der Waals surface area contributed by atoms with E-state index in [0.29, 0.717) is 0 Å². The van der Waals surface area contributed by atoms with Crippen LogP contribution in [0, 0.1) is 6.92 Å². The van der Waals surface area contributed by atoms with Gasteiger partial charge in [0.05, 0.1) is 0 Å². The Morgan fingerprint density at radius 2 is 1.74 bits per heavy atom. The average Bonchev–Trinajstić information content (AvgIpc) is 2.36. The predicted octanol–water partition coefficient (Wildman–Crippen LogP) is 1.97. The SMILES string of the molecule is Cc1ccccc1CN(C)CCNCCCN(C)C. The lowest BCUT2D eigenvalue weighted by molar-refractivity contribution is 0.321. The topological polar surface area (TPSA) is 18.5 Å². The van der Waals surface area contributed by atoms with Gasteiger partial charge >= 0.3 is 0 Å². The van der Waals surface area contributed by atoms with E-state index in [1.165, 1.54) is 17.5 Å². The molecule has 0 saturated carbocycles. The predicted molar refractivity (Wildman–Crippen MR) is 83.6 cm³/mol. The van der Waals surface area contributed by atoms with Crippen molar-refractivity contribution in [2.75, 3.05) is 47.3 Å². The van der Waals surface area contributed by atoms with Crippen molar-refractivity contribution in [1.82, 2.24) is 15.1 Å². The van der Waals surface area contributed by atoms with E-state index < -0.39 is 0 Å². The van der Waals surface area contributed by atoms with Gasteiger partial charge in [0.25, 0.3) is 0 Å². The van der Waals surface area contributed by atoms with E-state index in [2.05, 4.69) is 67.4 Å². The lowest BCUT2D eigenvalue weighted by Gasteiger charge is -2.18. The molecule has 0 bridgehead atoms. The lowest BCUT2D eigenvalue weighted by atomic mass is 10.1. The number of hydrogen-bond acceptors (Lipinski definition) is 3. The number of likely N-dealkylation sites (N-methyl/N-ethyl adjacent to an activating group) is 1. The lowest BCUT2D eigenvalue weighted by Crippen LogP contribution is -2.30. The van der Waals surface area contributed by atoms with Crippen LogP contribution in [0.2, 0.25) is 0 Å². The highest BCUT2D eigenvalue weighted by Gasteiger charge is 2.02. The van der Waals surface area contributed by atoms with E-state index in [4.69, 9.17) is 0 Å². The van der Waals surface area contributed by atoms with Gasteiger partial charge in [-0.3, -0.25) is 0 Å². The van der Waals surface area contributed by atoms with Gasteiger partial charge in [0.15, 0.2) is 0 Å². The molecule has 0 aliphatic carbocycles. The second kappa shape index (κ2) is 9.08. The summed E-state index contributed by atoms with van der Waals surface area (Å²) in [5.41, 5.74) is 2.81. The van der Waals surface area contributed by atoms with Crippen molar-refractivity contribution in [2.45, 2.75) is 19.9 Å². The van der Waals surface area contributed by atoms with Crippen molar-refractivity contribution in [3.8, 4) is 0 Å². The fourth-order valence-corrected chi connectivity index (χ4v) is 2.07. The fourth-order valence-electron chi connectivity index (χ4n) is 2.07. The molecule has 3 heteroatoms. The molecular formula is C16H29N3. The summed E-state index contributed by atoms with van der Waals surface area (Å²) in [5, 5.41) is 3.50. The van der Waals surface area contributed by atoms with E-state index >= 15 is 0 Å². The number of rotatable bonds is 9. The molecule has 1 aromatic carbocycles. The Bertz CT molecular complexity index is 350. The van der Waals surface area contributed by atoms with Crippen LogP contribution in [0.25, 0.3) is 0 Å². The summed E-state index contributed by atoms with van der Waals surface area (Å²) in [6.07, 6.45) is 1.22. The van der Waals surface area contributed by atoms with E-state index in [1.807, 2.05) is 0 Å². The zero-order valence-electron chi connectivity index (χ0n) is 12.9. The van der Waals surface area contributed by atoms with Crippen LogP contribution in [0.5, 0.6) is 0 Å². The van der Waals surface area contributed by atoms with Gasteiger partial charge in [0.1, 0.15) is 0 Å². The molecule has 0 amide bonds. The Balaban J connectivity index is 2.11. The van der Waals surface area contributed by atoms with Crippen LogP contribution in [0.15, 0.2) is 24.3 Å².